The number of rotatable bonds is 5. The van der Waals surface area contributed by atoms with E-state index in [0.717, 1.165) is 34.6 Å². The van der Waals surface area contributed by atoms with Gasteiger partial charge in [0.2, 0.25) is 0 Å². The first-order chi connectivity index (χ1) is 10.7. The van der Waals surface area contributed by atoms with Gasteiger partial charge in [0.15, 0.2) is 0 Å². The normalized spacial score (nSPS) is 10.3. The van der Waals surface area contributed by atoms with Crippen LogP contribution in [0.2, 0.25) is 0 Å². The Kier molecular flexibility index (Phi) is 6.46. The lowest BCUT2D eigenvalue weighted by molar-refractivity contribution is 0.493. The molecule has 0 aliphatic rings. The summed E-state index contributed by atoms with van der Waals surface area (Å²) in [6.07, 6.45) is 0. The zero-order chi connectivity index (χ0) is 15.4. The summed E-state index contributed by atoms with van der Waals surface area (Å²) >= 11 is 3.44. The Bertz CT molecular complexity index is 735. The topological polar surface area (TPSA) is 25.2 Å². The fourth-order valence-corrected chi connectivity index (χ4v) is 2.54. The molecule has 120 valence electrons. The molecule has 1 aromatic heterocycles. The SMILES string of the molecule is Cc1ccc(CNCc2ccc(-c3ccc(Br)cc3)o2)cc1.Cl. The molecule has 0 aliphatic heterocycles. The lowest BCUT2D eigenvalue weighted by Crippen LogP contribution is -2.11. The van der Waals surface area contributed by atoms with E-state index in [2.05, 4.69) is 52.4 Å². The van der Waals surface area contributed by atoms with Crippen molar-refractivity contribution < 1.29 is 4.42 Å². The second-order valence-corrected chi connectivity index (χ2v) is 6.28. The summed E-state index contributed by atoms with van der Waals surface area (Å²) in [5, 5.41) is 3.41. The van der Waals surface area contributed by atoms with Crippen LogP contribution in [-0.4, -0.2) is 0 Å². The van der Waals surface area contributed by atoms with Gasteiger partial charge in [0.05, 0.1) is 6.54 Å². The van der Waals surface area contributed by atoms with Crippen molar-refractivity contribution in [1.82, 2.24) is 5.32 Å². The predicted octanol–water partition coefficient (Wildman–Crippen LogP) is 5.73. The van der Waals surface area contributed by atoms with Crippen LogP contribution >= 0.6 is 28.3 Å². The summed E-state index contributed by atoms with van der Waals surface area (Å²) in [6, 6.07) is 20.8. The third-order valence-corrected chi connectivity index (χ3v) is 4.07. The van der Waals surface area contributed by atoms with E-state index in [-0.39, 0.29) is 12.4 Å². The van der Waals surface area contributed by atoms with Crippen LogP contribution in [0.15, 0.2) is 69.6 Å². The van der Waals surface area contributed by atoms with E-state index >= 15 is 0 Å². The second-order valence-electron chi connectivity index (χ2n) is 5.36. The van der Waals surface area contributed by atoms with Crippen LogP contribution in [0.4, 0.5) is 0 Å². The van der Waals surface area contributed by atoms with E-state index in [1.807, 2.05) is 36.4 Å². The van der Waals surface area contributed by atoms with Crippen molar-refractivity contribution in [3.05, 3.63) is 82.0 Å². The average molecular weight is 393 g/mol. The smallest absolute Gasteiger partial charge is 0.134 e. The van der Waals surface area contributed by atoms with E-state index in [1.54, 1.807) is 0 Å². The van der Waals surface area contributed by atoms with Crippen molar-refractivity contribution in [2.75, 3.05) is 0 Å². The standard InChI is InChI=1S/C19H18BrNO.ClH/c1-14-2-4-15(5-3-14)12-21-13-18-10-11-19(22-18)16-6-8-17(20)9-7-16;/h2-11,21H,12-13H2,1H3;1H. The molecule has 0 fully saturated rings. The van der Waals surface area contributed by atoms with Crippen molar-refractivity contribution in [3.63, 3.8) is 0 Å². The minimum absolute atomic E-state index is 0. The van der Waals surface area contributed by atoms with Crippen LogP contribution in [0.3, 0.4) is 0 Å². The zero-order valence-corrected chi connectivity index (χ0v) is 15.3. The summed E-state index contributed by atoms with van der Waals surface area (Å²) < 4.78 is 6.96. The largest absolute Gasteiger partial charge is 0.460 e. The molecule has 0 spiro atoms. The molecule has 3 aromatic rings. The number of benzene rings is 2. The van der Waals surface area contributed by atoms with Gasteiger partial charge in [-0.3, -0.25) is 0 Å². The zero-order valence-electron chi connectivity index (χ0n) is 12.9. The molecule has 1 N–H and O–H groups in total. The Morgan fingerprint density at radius 3 is 2.26 bits per heavy atom. The van der Waals surface area contributed by atoms with Gasteiger partial charge in [-0.2, -0.15) is 0 Å². The Labute approximate surface area is 151 Å². The highest BCUT2D eigenvalue weighted by atomic mass is 79.9. The molecule has 4 heteroatoms. The summed E-state index contributed by atoms with van der Waals surface area (Å²) in [7, 11) is 0. The molecule has 3 rings (SSSR count). The Morgan fingerprint density at radius 2 is 1.57 bits per heavy atom. The summed E-state index contributed by atoms with van der Waals surface area (Å²) in [5.74, 6) is 1.85. The molecule has 0 radical (unpaired) electrons. The highest BCUT2D eigenvalue weighted by Crippen LogP contribution is 2.23. The molecule has 0 aliphatic carbocycles. The monoisotopic (exact) mass is 391 g/mol. The van der Waals surface area contributed by atoms with Gasteiger partial charge in [-0.25, -0.2) is 0 Å². The quantitative estimate of drug-likeness (QED) is 0.600. The molecule has 0 atom stereocenters. The highest BCUT2D eigenvalue weighted by molar-refractivity contribution is 9.10. The third-order valence-electron chi connectivity index (χ3n) is 3.54. The van der Waals surface area contributed by atoms with E-state index in [9.17, 15) is 0 Å². The molecular formula is C19H19BrClNO. The molecule has 0 amide bonds. The maximum Gasteiger partial charge on any atom is 0.134 e. The number of hydrogen-bond donors (Lipinski definition) is 1. The summed E-state index contributed by atoms with van der Waals surface area (Å²) in [6.45, 7) is 3.67. The fraction of sp³-hybridized carbons (Fsp3) is 0.158. The van der Waals surface area contributed by atoms with Crippen molar-refractivity contribution in [2.45, 2.75) is 20.0 Å². The molecule has 0 saturated carbocycles. The molecule has 0 saturated heterocycles. The van der Waals surface area contributed by atoms with Gasteiger partial charge in [-0.15, -0.1) is 12.4 Å². The van der Waals surface area contributed by atoms with Crippen LogP contribution < -0.4 is 5.32 Å². The van der Waals surface area contributed by atoms with Gasteiger partial charge in [0, 0.05) is 16.6 Å². The number of hydrogen-bond acceptors (Lipinski definition) is 2. The Balaban J connectivity index is 0.00000192. The molecule has 0 bridgehead atoms. The first-order valence-corrected chi connectivity index (χ1v) is 8.11. The minimum atomic E-state index is 0. The molecule has 0 unspecified atom stereocenters. The van der Waals surface area contributed by atoms with Crippen molar-refractivity contribution in [3.8, 4) is 11.3 Å². The van der Waals surface area contributed by atoms with Crippen LogP contribution in [0.25, 0.3) is 11.3 Å². The van der Waals surface area contributed by atoms with Crippen LogP contribution in [-0.2, 0) is 13.1 Å². The molecule has 1 heterocycles. The van der Waals surface area contributed by atoms with Gasteiger partial charge < -0.3 is 9.73 Å². The number of nitrogens with one attached hydrogen (secondary N) is 1. The van der Waals surface area contributed by atoms with Crippen LogP contribution in [0.5, 0.6) is 0 Å². The lowest BCUT2D eigenvalue weighted by Gasteiger charge is -2.04. The Hall–Kier alpha value is -1.55. The maximum absolute atomic E-state index is 5.89. The number of furan rings is 1. The van der Waals surface area contributed by atoms with Gasteiger partial charge in [-0.05, 0) is 36.8 Å². The molecule has 2 aromatic carbocycles. The van der Waals surface area contributed by atoms with Gasteiger partial charge >= 0.3 is 0 Å². The van der Waals surface area contributed by atoms with Crippen LogP contribution in [0.1, 0.15) is 16.9 Å². The van der Waals surface area contributed by atoms with Gasteiger partial charge in [0.25, 0.3) is 0 Å². The predicted molar refractivity (Wildman–Crippen MR) is 101 cm³/mol. The second kappa shape index (κ2) is 8.34. The van der Waals surface area contributed by atoms with Crippen molar-refractivity contribution in [2.24, 2.45) is 0 Å². The first-order valence-electron chi connectivity index (χ1n) is 7.31. The average Bonchev–Trinajstić information content (AvgIpc) is 2.99. The Morgan fingerprint density at radius 1 is 0.870 bits per heavy atom. The lowest BCUT2D eigenvalue weighted by atomic mass is 10.1. The van der Waals surface area contributed by atoms with E-state index in [1.165, 1.54) is 11.1 Å². The summed E-state index contributed by atoms with van der Waals surface area (Å²) in [4.78, 5) is 0. The first kappa shape index (κ1) is 17.8. The summed E-state index contributed by atoms with van der Waals surface area (Å²) in [5.41, 5.74) is 3.66. The number of aryl methyl sites for hydroxylation is 1. The van der Waals surface area contributed by atoms with Crippen molar-refractivity contribution >= 4 is 28.3 Å². The maximum atomic E-state index is 5.89. The van der Waals surface area contributed by atoms with E-state index in [0.29, 0.717) is 0 Å². The van der Waals surface area contributed by atoms with Crippen molar-refractivity contribution in [1.29, 1.82) is 0 Å². The molecular weight excluding hydrogens is 374 g/mol. The van der Waals surface area contributed by atoms with Crippen LogP contribution in [0, 0.1) is 6.92 Å². The highest BCUT2D eigenvalue weighted by Gasteiger charge is 2.04. The van der Waals surface area contributed by atoms with Gasteiger partial charge in [-0.1, -0.05) is 57.9 Å². The van der Waals surface area contributed by atoms with E-state index in [4.69, 9.17) is 4.42 Å². The molecule has 23 heavy (non-hydrogen) atoms. The molecule has 2 nitrogen and oxygen atoms in total. The fourth-order valence-electron chi connectivity index (χ4n) is 2.28. The minimum Gasteiger partial charge on any atom is -0.460 e. The van der Waals surface area contributed by atoms with Gasteiger partial charge in [0.1, 0.15) is 11.5 Å². The number of halogens is 2. The van der Waals surface area contributed by atoms with E-state index < -0.39 is 0 Å². The third kappa shape index (κ3) is 4.96.